The molecule has 0 atom stereocenters. The summed E-state index contributed by atoms with van der Waals surface area (Å²) in [6.07, 6.45) is 1.56. The van der Waals surface area contributed by atoms with E-state index >= 15 is 0 Å². The highest BCUT2D eigenvalue weighted by Crippen LogP contribution is 2.44. The van der Waals surface area contributed by atoms with Gasteiger partial charge in [0.15, 0.2) is 5.13 Å². The van der Waals surface area contributed by atoms with Crippen LogP contribution in [0.15, 0.2) is 41.8 Å². The molecule has 1 amide bonds. The fraction of sp³-hybridized carbons (Fsp3) is 0.333. The SMILES string of the molecule is Cc1ccc(C)n1-c1nc(CC(=O)Nc2cccc(C3SCCCS3)c2)cs1. The first-order chi connectivity index (χ1) is 13.6. The fourth-order valence-corrected chi connectivity index (χ4v) is 7.08. The average molecular weight is 430 g/mol. The van der Waals surface area contributed by atoms with Gasteiger partial charge in [-0.25, -0.2) is 4.98 Å². The van der Waals surface area contributed by atoms with E-state index < -0.39 is 0 Å². The second kappa shape index (κ2) is 8.76. The van der Waals surface area contributed by atoms with E-state index in [0.717, 1.165) is 27.9 Å². The molecule has 3 aromatic rings. The smallest absolute Gasteiger partial charge is 0.230 e. The Bertz CT molecular complexity index is 953. The number of aromatic nitrogens is 2. The third kappa shape index (κ3) is 4.47. The van der Waals surface area contributed by atoms with Gasteiger partial charge in [-0.05, 0) is 61.6 Å². The van der Waals surface area contributed by atoms with Gasteiger partial charge < -0.3 is 5.32 Å². The van der Waals surface area contributed by atoms with Crippen LogP contribution in [0.2, 0.25) is 0 Å². The third-order valence-corrected chi connectivity index (χ3v) is 8.50. The molecule has 0 unspecified atom stereocenters. The summed E-state index contributed by atoms with van der Waals surface area (Å²) < 4.78 is 2.59. The number of thioether (sulfide) groups is 2. The third-order valence-electron chi connectivity index (χ3n) is 4.61. The van der Waals surface area contributed by atoms with Crippen molar-refractivity contribution in [2.75, 3.05) is 16.8 Å². The number of nitrogens with one attached hydrogen (secondary N) is 1. The van der Waals surface area contributed by atoms with Gasteiger partial charge in [-0.1, -0.05) is 12.1 Å². The van der Waals surface area contributed by atoms with Crippen molar-refractivity contribution in [2.24, 2.45) is 0 Å². The number of rotatable bonds is 5. The van der Waals surface area contributed by atoms with Gasteiger partial charge in [0.2, 0.25) is 5.91 Å². The number of hydrogen-bond acceptors (Lipinski definition) is 5. The van der Waals surface area contributed by atoms with Crippen LogP contribution in [-0.4, -0.2) is 27.0 Å². The number of benzene rings is 1. The van der Waals surface area contributed by atoms with E-state index in [9.17, 15) is 4.79 Å². The molecule has 0 radical (unpaired) electrons. The normalized spacial score (nSPS) is 14.9. The molecular formula is C21H23N3OS3. The first-order valence-corrected chi connectivity index (χ1v) is 12.3. The first kappa shape index (κ1) is 19.6. The zero-order chi connectivity index (χ0) is 19.5. The summed E-state index contributed by atoms with van der Waals surface area (Å²) in [5, 5.41) is 5.92. The summed E-state index contributed by atoms with van der Waals surface area (Å²) in [5.74, 6) is 2.39. The summed E-state index contributed by atoms with van der Waals surface area (Å²) in [6.45, 7) is 4.13. The molecule has 4 nitrogen and oxygen atoms in total. The van der Waals surface area contributed by atoms with Crippen molar-refractivity contribution in [1.29, 1.82) is 0 Å². The second-order valence-electron chi connectivity index (χ2n) is 6.85. The number of anilines is 1. The van der Waals surface area contributed by atoms with Crippen molar-refractivity contribution in [3.8, 4) is 5.13 Å². The van der Waals surface area contributed by atoms with Gasteiger partial charge in [0.05, 0.1) is 16.7 Å². The first-order valence-electron chi connectivity index (χ1n) is 9.33. The Morgan fingerprint density at radius 2 is 1.93 bits per heavy atom. The van der Waals surface area contributed by atoms with E-state index in [1.54, 1.807) is 11.3 Å². The zero-order valence-electron chi connectivity index (χ0n) is 16.0. The van der Waals surface area contributed by atoms with E-state index in [-0.39, 0.29) is 12.3 Å². The number of carbonyl (C=O) groups is 1. The minimum atomic E-state index is -0.0288. The number of amides is 1. The molecule has 0 aliphatic carbocycles. The van der Waals surface area contributed by atoms with E-state index in [1.165, 1.54) is 23.5 Å². The molecular weight excluding hydrogens is 406 g/mol. The Balaban J connectivity index is 1.41. The van der Waals surface area contributed by atoms with Crippen molar-refractivity contribution in [1.82, 2.24) is 9.55 Å². The Morgan fingerprint density at radius 3 is 2.68 bits per heavy atom. The highest BCUT2D eigenvalue weighted by molar-refractivity contribution is 8.16. The topological polar surface area (TPSA) is 46.9 Å². The standard InChI is InChI=1S/C21H23N3OS3/c1-14-7-8-15(2)24(14)21-23-18(13-28-21)12-19(25)22-17-6-3-5-16(11-17)20-26-9-4-10-27-20/h3,5-8,11,13,20H,4,9-10,12H2,1-2H3,(H,22,25). The number of hydrogen-bond donors (Lipinski definition) is 1. The van der Waals surface area contributed by atoms with E-state index in [1.807, 2.05) is 41.0 Å². The van der Waals surface area contributed by atoms with E-state index in [0.29, 0.717) is 4.58 Å². The van der Waals surface area contributed by atoms with Crippen LogP contribution in [0.3, 0.4) is 0 Å². The summed E-state index contributed by atoms with van der Waals surface area (Å²) >= 11 is 5.55. The Hall–Kier alpha value is -1.70. The van der Waals surface area contributed by atoms with Gasteiger partial charge in [0, 0.05) is 22.5 Å². The molecule has 2 aromatic heterocycles. The lowest BCUT2D eigenvalue weighted by Gasteiger charge is -2.21. The molecule has 3 heterocycles. The molecule has 1 saturated heterocycles. The van der Waals surface area contributed by atoms with Crippen LogP contribution in [0.4, 0.5) is 5.69 Å². The molecule has 0 bridgehead atoms. The molecule has 7 heteroatoms. The molecule has 0 spiro atoms. The molecule has 1 aliphatic rings. The van der Waals surface area contributed by atoms with Crippen LogP contribution in [0.5, 0.6) is 0 Å². The van der Waals surface area contributed by atoms with Crippen LogP contribution in [0.25, 0.3) is 5.13 Å². The molecule has 28 heavy (non-hydrogen) atoms. The number of thiazole rings is 1. The lowest BCUT2D eigenvalue weighted by Crippen LogP contribution is -2.15. The summed E-state index contributed by atoms with van der Waals surface area (Å²) in [5.41, 5.74) is 5.25. The second-order valence-corrected chi connectivity index (χ2v) is 10.4. The maximum atomic E-state index is 12.5. The molecule has 1 fully saturated rings. The van der Waals surface area contributed by atoms with Gasteiger partial charge in [-0.15, -0.1) is 34.9 Å². The van der Waals surface area contributed by atoms with Crippen molar-refractivity contribution >= 4 is 46.5 Å². The predicted molar refractivity (Wildman–Crippen MR) is 122 cm³/mol. The molecule has 146 valence electrons. The van der Waals surface area contributed by atoms with Crippen molar-refractivity contribution in [2.45, 2.75) is 31.3 Å². The lowest BCUT2D eigenvalue weighted by molar-refractivity contribution is -0.115. The Labute approximate surface area is 178 Å². The van der Waals surface area contributed by atoms with Gasteiger partial charge in [0.1, 0.15) is 0 Å². The van der Waals surface area contributed by atoms with Crippen LogP contribution in [-0.2, 0) is 11.2 Å². The van der Waals surface area contributed by atoms with Gasteiger partial charge in [-0.2, -0.15) is 0 Å². The highest BCUT2D eigenvalue weighted by atomic mass is 32.2. The number of carbonyl (C=O) groups excluding carboxylic acids is 1. The van der Waals surface area contributed by atoms with Crippen LogP contribution < -0.4 is 5.32 Å². The maximum absolute atomic E-state index is 12.5. The summed E-state index contributed by atoms with van der Waals surface area (Å²) in [4.78, 5) is 17.2. The van der Waals surface area contributed by atoms with Gasteiger partial charge in [0.25, 0.3) is 0 Å². The quantitative estimate of drug-likeness (QED) is 0.573. The van der Waals surface area contributed by atoms with E-state index in [2.05, 4.69) is 53.0 Å². The van der Waals surface area contributed by atoms with Crippen LogP contribution >= 0.6 is 34.9 Å². The highest BCUT2D eigenvalue weighted by Gasteiger charge is 2.17. The zero-order valence-corrected chi connectivity index (χ0v) is 18.4. The van der Waals surface area contributed by atoms with Gasteiger partial charge in [-0.3, -0.25) is 9.36 Å². The van der Waals surface area contributed by atoms with Crippen LogP contribution in [0, 0.1) is 13.8 Å². The minimum Gasteiger partial charge on any atom is -0.326 e. The Morgan fingerprint density at radius 1 is 1.18 bits per heavy atom. The molecule has 1 aliphatic heterocycles. The number of aryl methyl sites for hydroxylation is 2. The Kier molecular flexibility index (Phi) is 6.13. The van der Waals surface area contributed by atoms with Crippen molar-refractivity contribution < 1.29 is 4.79 Å². The predicted octanol–water partition coefficient (Wildman–Crippen LogP) is 5.60. The minimum absolute atomic E-state index is 0.0288. The molecule has 4 rings (SSSR count). The lowest BCUT2D eigenvalue weighted by atomic mass is 10.2. The van der Waals surface area contributed by atoms with Crippen LogP contribution in [0.1, 0.15) is 33.6 Å². The molecule has 0 saturated carbocycles. The summed E-state index contributed by atoms with van der Waals surface area (Å²) in [7, 11) is 0. The van der Waals surface area contributed by atoms with Gasteiger partial charge >= 0.3 is 0 Å². The maximum Gasteiger partial charge on any atom is 0.230 e. The van der Waals surface area contributed by atoms with Crippen molar-refractivity contribution in [3.63, 3.8) is 0 Å². The number of nitrogens with zero attached hydrogens (tertiary/aromatic N) is 2. The summed E-state index contributed by atoms with van der Waals surface area (Å²) in [6, 6.07) is 12.4. The molecule has 1 aromatic carbocycles. The largest absolute Gasteiger partial charge is 0.326 e. The molecule has 1 N–H and O–H groups in total. The van der Waals surface area contributed by atoms with E-state index in [4.69, 9.17) is 0 Å². The van der Waals surface area contributed by atoms with Crippen molar-refractivity contribution in [3.05, 3.63) is 64.4 Å². The monoisotopic (exact) mass is 429 g/mol. The average Bonchev–Trinajstić information content (AvgIpc) is 3.28. The fourth-order valence-electron chi connectivity index (χ4n) is 3.26.